The highest BCUT2D eigenvalue weighted by atomic mass is 35.5. The zero-order valence-electron chi connectivity index (χ0n) is 21.0. The summed E-state index contributed by atoms with van der Waals surface area (Å²) in [5, 5.41) is 29.1. The summed E-state index contributed by atoms with van der Waals surface area (Å²) in [6.07, 6.45) is 1.56. The number of carboxylic acids is 1. The van der Waals surface area contributed by atoms with E-state index in [4.69, 9.17) is 23.2 Å². The summed E-state index contributed by atoms with van der Waals surface area (Å²) in [6.45, 7) is -0.273. The molecule has 0 aromatic heterocycles. The lowest BCUT2D eigenvalue weighted by Crippen LogP contribution is -2.50. The van der Waals surface area contributed by atoms with Crippen LogP contribution in [0.3, 0.4) is 0 Å². The first-order chi connectivity index (χ1) is 19.1. The van der Waals surface area contributed by atoms with Gasteiger partial charge in [-0.15, -0.1) is 0 Å². The maximum Gasteiger partial charge on any atom is 0.328 e. The van der Waals surface area contributed by atoms with E-state index in [1.807, 2.05) is 24.3 Å². The van der Waals surface area contributed by atoms with Gasteiger partial charge in [0.15, 0.2) is 0 Å². The number of halogens is 2. The predicted molar refractivity (Wildman–Crippen MR) is 149 cm³/mol. The van der Waals surface area contributed by atoms with Crippen LogP contribution < -0.4 is 21.3 Å². The third-order valence-electron chi connectivity index (χ3n) is 6.40. The number of urea groups is 1. The van der Waals surface area contributed by atoms with Gasteiger partial charge in [0.2, 0.25) is 0 Å². The zero-order valence-corrected chi connectivity index (χ0v) is 22.6. The second kappa shape index (κ2) is 12.7. The first-order valence-electron chi connectivity index (χ1n) is 12.3. The molecule has 0 fully saturated rings. The van der Waals surface area contributed by atoms with Crippen molar-refractivity contribution in [2.75, 3.05) is 6.54 Å². The van der Waals surface area contributed by atoms with E-state index in [0.29, 0.717) is 5.56 Å². The van der Waals surface area contributed by atoms with Gasteiger partial charge in [-0.2, -0.15) is 0 Å². The third kappa shape index (κ3) is 7.02. The molecule has 0 bridgehead atoms. The molecule has 6 N–H and O–H groups in total. The van der Waals surface area contributed by atoms with Crippen molar-refractivity contribution in [3.8, 4) is 5.75 Å². The van der Waals surface area contributed by atoms with Gasteiger partial charge in [0.1, 0.15) is 11.8 Å². The van der Waals surface area contributed by atoms with Crippen LogP contribution in [0.15, 0.2) is 60.7 Å². The Hall–Kier alpha value is -4.28. The number of aryl methyl sites for hydroxylation is 1. The van der Waals surface area contributed by atoms with Crippen molar-refractivity contribution in [2.24, 2.45) is 0 Å². The molecule has 1 unspecified atom stereocenters. The molecule has 1 aliphatic rings. The van der Waals surface area contributed by atoms with Crippen LogP contribution in [-0.4, -0.2) is 46.6 Å². The van der Waals surface area contributed by atoms with Gasteiger partial charge in [0, 0.05) is 12.1 Å². The lowest BCUT2D eigenvalue weighted by atomic mass is 10.1. The monoisotopic (exact) mass is 584 g/mol. The van der Waals surface area contributed by atoms with Crippen LogP contribution in [0.4, 0.5) is 4.79 Å². The Labute approximate surface area is 239 Å². The summed E-state index contributed by atoms with van der Waals surface area (Å²) in [7, 11) is 0. The zero-order chi connectivity index (χ0) is 28.8. The first kappa shape index (κ1) is 28.7. The highest BCUT2D eigenvalue weighted by Crippen LogP contribution is 2.30. The van der Waals surface area contributed by atoms with E-state index in [9.17, 15) is 29.4 Å². The second-order valence-electron chi connectivity index (χ2n) is 9.18. The molecule has 40 heavy (non-hydrogen) atoms. The average Bonchev–Trinajstić information content (AvgIpc) is 3.31. The van der Waals surface area contributed by atoms with Gasteiger partial charge in [-0.05, 0) is 53.8 Å². The van der Waals surface area contributed by atoms with E-state index in [2.05, 4.69) is 21.3 Å². The van der Waals surface area contributed by atoms with Crippen molar-refractivity contribution < 1.29 is 29.4 Å². The summed E-state index contributed by atoms with van der Waals surface area (Å²) in [5.74, 6) is -2.73. The number of benzene rings is 3. The Kier molecular flexibility index (Phi) is 9.13. The largest absolute Gasteiger partial charge is 0.508 e. The highest BCUT2D eigenvalue weighted by molar-refractivity contribution is 6.40. The van der Waals surface area contributed by atoms with Crippen LogP contribution in [-0.2, 0) is 17.8 Å². The molecule has 0 saturated heterocycles. The number of carbonyl (C=O) groups excluding carboxylic acids is 3. The number of carbonyl (C=O) groups is 4. The summed E-state index contributed by atoms with van der Waals surface area (Å²) >= 11 is 12.5. The molecule has 12 heteroatoms. The van der Waals surface area contributed by atoms with Crippen molar-refractivity contribution in [3.05, 3.63) is 98.5 Å². The fourth-order valence-electron chi connectivity index (χ4n) is 4.41. The molecule has 0 radical (unpaired) electrons. The number of fused-ring (bicyclic) bond motifs is 1. The van der Waals surface area contributed by atoms with E-state index in [1.165, 1.54) is 24.3 Å². The minimum absolute atomic E-state index is 0.0586. The van der Waals surface area contributed by atoms with E-state index in [-0.39, 0.29) is 39.5 Å². The Morgan fingerprint density at radius 2 is 1.65 bits per heavy atom. The summed E-state index contributed by atoms with van der Waals surface area (Å²) in [5.41, 5.74) is 2.69. The molecule has 3 aromatic carbocycles. The second-order valence-corrected chi connectivity index (χ2v) is 9.99. The molecule has 208 valence electrons. The van der Waals surface area contributed by atoms with Gasteiger partial charge in [-0.25, -0.2) is 9.59 Å². The molecular weight excluding hydrogens is 559 g/mol. The number of nitrogens with one attached hydrogen (secondary N) is 4. The fourth-order valence-corrected chi connectivity index (χ4v) is 5.07. The fraction of sp³-hybridized carbons (Fsp3) is 0.214. The van der Waals surface area contributed by atoms with E-state index in [1.54, 1.807) is 12.1 Å². The van der Waals surface area contributed by atoms with Crippen LogP contribution in [0, 0.1) is 0 Å². The normalized spacial score (nSPS) is 14.5. The lowest BCUT2D eigenvalue weighted by Gasteiger charge is -2.19. The highest BCUT2D eigenvalue weighted by Gasteiger charge is 2.27. The molecule has 0 aliphatic heterocycles. The smallest absolute Gasteiger partial charge is 0.328 e. The van der Waals surface area contributed by atoms with Crippen LogP contribution in [0.2, 0.25) is 10.0 Å². The molecule has 4 amide bonds. The van der Waals surface area contributed by atoms with E-state index in [0.717, 1.165) is 24.0 Å². The molecule has 2 atom stereocenters. The van der Waals surface area contributed by atoms with E-state index < -0.39 is 36.4 Å². The first-order valence-corrected chi connectivity index (χ1v) is 13.1. The number of amides is 4. The van der Waals surface area contributed by atoms with Gasteiger partial charge in [0.05, 0.1) is 28.2 Å². The van der Waals surface area contributed by atoms with Crippen molar-refractivity contribution in [2.45, 2.75) is 31.5 Å². The molecule has 10 nitrogen and oxygen atoms in total. The van der Waals surface area contributed by atoms with Crippen LogP contribution >= 0.6 is 23.2 Å². The van der Waals surface area contributed by atoms with Crippen molar-refractivity contribution in [1.82, 2.24) is 21.3 Å². The summed E-state index contributed by atoms with van der Waals surface area (Å²) in [4.78, 5) is 49.7. The van der Waals surface area contributed by atoms with Crippen molar-refractivity contribution in [1.29, 1.82) is 0 Å². The molecular formula is C28H26Cl2N4O6. The standard InChI is InChI=1S/C28H26Cl2N4O6/c29-20-11-17(25(36)31-13-15-4-3-6-18(35)10-15)12-21(30)24(20)26(37)33-23(27(38)39)14-32-28(40)34-22-9-8-16-5-1-2-7-19(16)22/h1-7,10-12,22-23,35H,8-9,13-14H2,(H,31,36)(H,33,37)(H,38,39)(H2,32,34,40)/t22-,23?/m1/s1. The predicted octanol–water partition coefficient (Wildman–Crippen LogP) is 3.80. The summed E-state index contributed by atoms with van der Waals surface area (Å²) in [6, 6.07) is 14.3. The molecule has 3 aromatic rings. The Morgan fingerprint density at radius 3 is 2.35 bits per heavy atom. The van der Waals surface area contributed by atoms with Gasteiger partial charge in [-0.1, -0.05) is 59.6 Å². The number of aromatic hydroxyl groups is 1. The Morgan fingerprint density at radius 1 is 0.925 bits per heavy atom. The SMILES string of the molecule is O=C(NCC(NC(=O)c1c(Cl)cc(C(=O)NCc2cccc(O)c2)cc1Cl)C(=O)O)N[C@@H]1CCc2ccccc21. The topological polar surface area (TPSA) is 157 Å². The number of phenolic OH excluding ortho intramolecular Hbond substituents is 1. The number of hydrogen-bond donors (Lipinski definition) is 6. The Balaban J connectivity index is 1.35. The third-order valence-corrected chi connectivity index (χ3v) is 7.00. The minimum Gasteiger partial charge on any atom is -0.508 e. The quantitative estimate of drug-likeness (QED) is 0.224. The van der Waals surface area contributed by atoms with Gasteiger partial charge in [0.25, 0.3) is 11.8 Å². The number of carboxylic acid groups (broad SMARTS) is 1. The number of hydrogen-bond acceptors (Lipinski definition) is 5. The maximum absolute atomic E-state index is 12.9. The number of phenols is 1. The average molecular weight is 585 g/mol. The summed E-state index contributed by atoms with van der Waals surface area (Å²) < 4.78 is 0. The van der Waals surface area contributed by atoms with Crippen LogP contribution in [0.1, 0.15) is 49.9 Å². The molecule has 4 rings (SSSR count). The molecule has 0 heterocycles. The molecule has 1 aliphatic carbocycles. The lowest BCUT2D eigenvalue weighted by molar-refractivity contribution is -0.139. The van der Waals surface area contributed by atoms with Gasteiger partial charge < -0.3 is 31.5 Å². The minimum atomic E-state index is -1.48. The number of aliphatic carboxylic acids is 1. The van der Waals surface area contributed by atoms with Gasteiger partial charge in [-0.3, -0.25) is 9.59 Å². The van der Waals surface area contributed by atoms with Crippen molar-refractivity contribution >= 4 is 47.0 Å². The van der Waals surface area contributed by atoms with E-state index >= 15 is 0 Å². The van der Waals surface area contributed by atoms with Crippen LogP contribution in [0.5, 0.6) is 5.75 Å². The van der Waals surface area contributed by atoms with Crippen molar-refractivity contribution in [3.63, 3.8) is 0 Å². The van der Waals surface area contributed by atoms with Gasteiger partial charge >= 0.3 is 12.0 Å². The van der Waals surface area contributed by atoms with Crippen LogP contribution in [0.25, 0.3) is 0 Å². The molecule has 0 saturated carbocycles. The molecule has 0 spiro atoms. The Bertz CT molecular complexity index is 1440. The maximum atomic E-state index is 12.9. The number of rotatable bonds is 9.